The molecule has 2 aromatic rings. The molecular weight excluding hydrogens is 403 g/mol. The topological polar surface area (TPSA) is 43.4 Å². The van der Waals surface area contributed by atoms with E-state index in [0.717, 1.165) is 24.3 Å². The molecule has 0 unspecified atom stereocenters. The van der Waals surface area contributed by atoms with Gasteiger partial charge in [0.25, 0.3) is 0 Å². The van der Waals surface area contributed by atoms with Crippen LogP contribution in [0.2, 0.25) is 0 Å². The molecule has 9 heteroatoms. The average Bonchev–Trinajstić information content (AvgIpc) is 3.10. The standard InChI is InChI=1S/C19H17F5O3S/c1-27-13-4-5-14(10-13)28(25,26)18-7-2-11(8-16(18)19(22,23)24)15-6-3-12(20)9-17(15)21/h2-3,6-9,13-14H,4-5,10H2,1H3/t13-,14-/m1/s1. The van der Waals surface area contributed by atoms with Gasteiger partial charge in [-0.15, -0.1) is 0 Å². The minimum Gasteiger partial charge on any atom is -0.381 e. The Morgan fingerprint density at radius 1 is 1.04 bits per heavy atom. The highest BCUT2D eigenvalue weighted by Gasteiger charge is 2.42. The molecule has 0 radical (unpaired) electrons. The second kappa shape index (κ2) is 7.44. The van der Waals surface area contributed by atoms with E-state index in [4.69, 9.17) is 4.74 Å². The number of benzene rings is 2. The maximum absolute atomic E-state index is 14.0. The van der Waals surface area contributed by atoms with Crippen LogP contribution in [0.15, 0.2) is 41.3 Å². The van der Waals surface area contributed by atoms with Crippen LogP contribution in [0, 0.1) is 11.6 Å². The van der Waals surface area contributed by atoms with Crippen molar-refractivity contribution >= 4 is 9.84 Å². The highest BCUT2D eigenvalue weighted by molar-refractivity contribution is 7.92. The van der Waals surface area contributed by atoms with E-state index >= 15 is 0 Å². The molecule has 152 valence electrons. The lowest BCUT2D eigenvalue weighted by atomic mass is 10.0. The van der Waals surface area contributed by atoms with E-state index in [2.05, 4.69) is 0 Å². The Labute approximate surface area is 159 Å². The number of methoxy groups -OCH3 is 1. The summed E-state index contributed by atoms with van der Waals surface area (Å²) < 4.78 is 98.7. The lowest BCUT2D eigenvalue weighted by Gasteiger charge is -2.18. The monoisotopic (exact) mass is 420 g/mol. The van der Waals surface area contributed by atoms with Crippen LogP contribution in [-0.2, 0) is 20.8 Å². The summed E-state index contributed by atoms with van der Waals surface area (Å²) in [5, 5.41) is -0.980. The lowest BCUT2D eigenvalue weighted by molar-refractivity contribution is -0.139. The first-order chi connectivity index (χ1) is 13.0. The third-order valence-corrected chi connectivity index (χ3v) is 7.22. The van der Waals surface area contributed by atoms with Crippen LogP contribution >= 0.6 is 0 Å². The molecule has 0 aromatic heterocycles. The number of rotatable bonds is 4. The van der Waals surface area contributed by atoms with E-state index in [1.165, 1.54) is 7.11 Å². The molecule has 0 aliphatic heterocycles. The normalized spacial score (nSPS) is 20.5. The van der Waals surface area contributed by atoms with Gasteiger partial charge in [-0.2, -0.15) is 13.2 Å². The Bertz CT molecular complexity index is 986. The van der Waals surface area contributed by atoms with Gasteiger partial charge in [0, 0.05) is 18.7 Å². The Kier molecular flexibility index (Phi) is 5.51. The van der Waals surface area contributed by atoms with E-state index < -0.39 is 43.4 Å². The molecule has 2 aromatic carbocycles. The quantitative estimate of drug-likeness (QED) is 0.655. The molecule has 1 aliphatic rings. The van der Waals surface area contributed by atoms with Crippen molar-refractivity contribution in [3.05, 3.63) is 53.6 Å². The summed E-state index contributed by atoms with van der Waals surface area (Å²) >= 11 is 0. The molecule has 28 heavy (non-hydrogen) atoms. The van der Waals surface area contributed by atoms with Gasteiger partial charge >= 0.3 is 6.18 Å². The number of sulfone groups is 1. The van der Waals surface area contributed by atoms with Crippen LogP contribution in [0.5, 0.6) is 0 Å². The highest BCUT2D eigenvalue weighted by atomic mass is 32.2. The summed E-state index contributed by atoms with van der Waals surface area (Å²) in [4.78, 5) is -0.840. The van der Waals surface area contributed by atoms with Crippen molar-refractivity contribution in [1.82, 2.24) is 0 Å². The number of hydrogen-bond acceptors (Lipinski definition) is 3. The van der Waals surface area contributed by atoms with Crippen molar-refractivity contribution in [1.29, 1.82) is 0 Å². The predicted octanol–water partition coefficient (Wildman–Crippen LogP) is 4.99. The number of halogens is 5. The summed E-state index contributed by atoms with van der Waals surface area (Å²) in [5.41, 5.74) is -1.81. The average molecular weight is 420 g/mol. The zero-order chi connectivity index (χ0) is 20.7. The molecule has 2 atom stereocenters. The van der Waals surface area contributed by atoms with Gasteiger partial charge in [0.15, 0.2) is 9.84 Å². The Morgan fingerprint density at radius 2 is 1.75 bits per heavy atom. The fourth-order valence-corrected chi connectivity index (χ4v) is 5.48. The van der Waals surface area contributed by atoms with Gasteiger partial charge in [0.1, 0.15) is 11.6 Å². The summed E-state index contributed by atoms with van der Waals surface area (Å²) in [7, 11) is -2.84. The van der Waals surface area contributed by atoms with Crippen LogP contribution in [-0.4, -0.2) is 26.9 Å². The smallest absolute Gasteiger partial charge is 0.381 e. The highest BCUT2D eigenvalue weighted by Crippen LogP contribution is 2.41. The van der Waals surface area contributed by atoms with Crippen LogP contribution in [0.1, 0.15) is 24.8 Å². The molecule has 0 N–H and O–H groups in total. The van der Waals surface area contributed by atoms with Gasteiger partial charge in [-0.3, -0.25) is 0 Å². The van der Waals surface area contributed by atoms with Gasteiger partial charge in [-0.25, -0.2) is 17.2 Å². The molecule has 1 fully saturated rings. The summed E-state index contributed by atoms with van der Waals surface area (Å²) in [6.45, 7) is 0. The van der Waals surface area contributed by atoms with E-state index in [1.54, 1.807) is 0 Å². The summed E-state index contributed by atoms with van der Waals surface area (Å²) in [5.74, 6) is -1.91. The third kappa shape index (κ3) is 3.91. The molecular formula is C19H17F5O3S. The maximum Gasteiger partial charge on any atom is 0.417 e. The molecule has 0 saturated heterocycles. The van der Waals surface area contributed by atoms with Gasteiger partial charge in [-0.1, -0.05) is 6.07 Å². The van der Waals surface area contributed by atoms with Gasteiger partial charge in [0.2, 0.25) is 0 Å². The van der Waals surface area contributed by atoms with E-state index in [-0.39, 0.29) is 30.1 Å². The second-order valence-electron chi connectivity index (χ2n) is 6.67. The maximum atomic E-state index is 14.0. The van der Waals surface area contributed by atoms with Crippen LogP contribution < -0.4 is 0 Å². The first kappa shape index (κ1) is 20.7. The second-order valence-corrected chi connectivity index (χ2v) is 8.87. The molecule has 1 aliphatic carbocycles. The molecule has 0 spiro atoms. The summed E-state index contributed by atoms with van der Waals surface area (Å²) in [6.07, 6.45) is -4.52. The molecule has 0 amide bonds. The predicted molar refractivity (Wildman–Crippen MR) is 92.4 cm³/mol. The van der Waals surface area contributed by atoms with Crippen molar-refractivity contribution in [2.45, 2.75) is 41.7 Å². The van der Waals surface area contributed by atoms with Crippen molar-refractivity contribution in [2.75, 3.05) is 7.11 Å². The fourth-order valence-electron chi connectivity index (χ4n) is 3.47. The molecule has 1 saturated carbocycles. The van der Waals surface area contributed by atoms with E-state index in [0.29, 0.717) is 18.6 Å². The van der Waals surface area contributed by atoms with E-state index in [9.17, 15) is 30.4 Å². The third-order valence-electron chi connectivity index (χ3n) is 4.94. The number of hydrogen-bond donors (Lipinski definition) is 0. The SMILES string of the molecule is CO[C@@H]1CC[C@@H](S(=O)(=O)c2ccc(-c3ccc(F)cc3F)cc2C(F)(F)F)C1. The first-order valence-corrected chi connectivity index (χ1v) is 10.0. The Hall–Kier alpha value is -2.00. The van der Waals surface area contributed by atoms with Crippen molar-refractivity contribution in [3.8, 4) is 11.1 Å². The molecule has 3 nitrogen and oxygen atoms in total. The van der Waals surface area contributed by atoms with Crippen LogP contribution in [0.4, 0.5) is 22.0 Å². The first-order valence-electron chi connectivity index (χ1n) is 8.47. The molecule has 0 heterocycles. The zero-order valence-corrected chi connectivity index (χ0v) is 15.6. The summed E-state index contributed by atoms with van der Waals surface area (Å²) in [6, 6.07) is 5.01. The van der Waals surface area contributed by atoms with Crippen molar-refractivity contribution in [2.24, 2.45) is 0 Å². The minimum atomic E-state index is -4.96. The van der Waals surface area contributed by atoms with Crippen LogP contribution in [0.25, 0.3) is 11.1 Å². The molecule has 3 rings (SSSR count). The van der Waals surface area contributed by atoms with Gasteiger partial charge < -0.3 is 4.74 Å². The molecule has 0 bridgehead atoms. The minimum absolute atomic E-state index is 0.116. The van der Waals surface area contributed by atoms with Gasteiger partial charge in [0.05, 0.1) is 21.8 Å². The van der Waals surface area contributed by atoms with E-state index in [1.807, 2.05) is 0 Å². The van der Waals surface area contributed by atoms with Gasteiger partial charge in [-0.05, 0) is 49.1 Å². The van der Waals surface area contributed by atoms with Crippen molar-refractivity contribution < 1.29 is 35.1 Å². The zero-order valence-electron chi connectivity index (χ0n) is 14.8. The number of ether oxygens (including phenoxy) is 1. The van der Waals surface area contributed by atoms with Crippen LogP contribution in [0.3, 0.4) is 0 Å². The lowest BCUT2D eigenvalue weighted by Crippen LogP contribution is -2.23. The fraction of sp³-hybridized carbons (Fsp3) is 0.368. The van der Waals surface area contributed by atoms with Crippen molar-refractivity contribution in [3.63, 3.8) is 0 Å². The Morgan fingerprint density at radius 3 is 2.32 bits per heavy atom. The number of alkyl halides is 3. The Balaban J connectivity index is 2.10. The largest absolute Gasteiger partial charge is 0.417 e.